The Morgan fingerprint density at radius 1 is 0.688 bits per heavy atom. The summed E-state index contributed by atoms with van der Waals surface area (Å²) < 4.78 is 0. The molecule has 2 nitrogen and oxygen atoms in total. The Bertz CT molecular complexity index is 406. The Balaban J connectivity index is 0.000000606. The molecule has 16 heavy (non-hydrogen) atoms. The summed E-state index contributed by atoms with van der Waals surface area (Å²) in [6, 6.07) is 17.2. The van der Waals surface area contributed by atoms with Crippen LogP contribution in [0.3, 0.4) is 0 Å². The van der Waals surface area contributed by atoms with Gasteiger partial charge in [-0.1, -0.05) is 59.7 Å². The molecule has 0 radical (unpaired) electrons. The number of hydrazine groups is 1. The van der Waals surface area contributed by atoms with Crippen molar-refractivity contribution in [2.75, 3.05) is 0 Å². The van der Waals surface area contributed by atoms with Crippen molar-refractivity contribution in [1.82, 2.24) is 0 Å². The van der Waals surface area contributed by atoms with Crippen molar-refractivity contribution >= 4 is 0 Å². The van der Waals surface area contributed by atoms with Crippen LogP contribution in [-0.4, -0.2) is 0 Å². The Labute approximate surface area is 96.9 Å². The number of nitrogens with two attached hydrogens (primary N) is 2. The van der Waals surface area contributed by atoms with E-state index in [9.17, 15) is 0 Å². The maximum atomic E-state index is 4.00. The highest BCUT2D eigenvalue weighted by Gasteiger charge is 1.96. The minimum absolute atomic E-state index is 1.30. The molecule has 84 valence electrons. The summed E-state index contributed by atoms with van der Waals surface area (Å²) in [6.07, 6.45) is 0. The molecule has 0 fully saturated rings. The molecule has 0 aliphatic rings. The van der Waals surface area contributed by atoms with E-state index in [1.54, 1.807) is 0 Å². The van der Waals surface area contributed by atoms with E-state index in [1.165, 1.54) is 22.3 Å². The summed E-state index contributed by atoms with van der Waals surface area (Å²) in [5.74, 6) is 8.00. The van der Waals surface area contributed by atoms with E-state index in [2.05, 4.69) is 74.1 Å². The molecule has 0 spiro atoms. The first kappa shape index (κ1) is 12.4. The van der Waals surface area contributed by atoms with Crippen LogP contribution in [0.25, 0.3) is 11.1 Å². The van der Waals surface area contributed by atoms with Gasteiger partial charge in [0.15, 0.2) is 0 Å². The molecule has 2 aromatic carbocycles. The number of hydrogen-bond donors (Lipinski definition) is 2. The first-order valence-corrected chi connectivity index (χ1v) is 5.23. The lowest BCUT2D eigenvalue weighted by atomic mass is 10.0. The van der Waals surface area contributed by atoms with Gasteiger partial charge in [0, 0.05) is 0 Å². The Morgan fingerprint density at radius 3 is 1.38 bits per heavy atom. The Kier molecular flexibility index (Phi) is 4.70. The van der Waals surface area contributed by atoms with E-state index in [4.69, 9.17) is 0 Å². The topological polar surface area (TPSA) is 52.0 Å². The van der Waals surface area contributed by atoms with Crippen LogP contribution in [0.5, 0.6) is 0 Å². The SMILES string of the molecule is Cc1cccc(-c2cccc(C)c2)c1.NN. The zero-order valence-electron chi connectivity index (χ0n) is 9.77. The van der Waals surface area contributed by atoms with Gasteiger partial charge in [0.1, 0.15) is 0 Å². The lowest BCUT2D eigenvalue weighted by Crippen LogP contribution is -2.02. The molecule has 2 heteroatoms. The fourth-order valence-electron chi connectivity index (χ4n) is 1.65. The summed E-state index contributed by atoms with van der Waals surface area (Å²) in [6.45, 7) is 4.25. The predicted octanol–water partition coefficient (Wildman–Crippen LogP) is 2.79. The number of hydrogen-bond acceptors (Lipinski definition) is 2. The second-order valence-electron chi connectivity index (χ2n) is 3.74. The third kappa shape index (κ3) is 3.19. The minimum atomic E-state index is 1.30. The Hall–Kier alpha value is -1.64. The molecule has 0 bridgehead atoms. The van der Waals surface area contributed by atoms with E-state index < -0.39 is 0 Å². The average molecular weight is 214 g/mol. The van der Waals surface area contributed by atoms with Crippen LogP contribution in [0.15, 0.2) is 48.5 Å². The molecule has 0 amide bonds. The lowest BCUT2D eigenvalue weighted by molar-refractivity contribution is 1.26. The second-order valence-corrected chi connectivity index (χ2v) is 3.74. The van der Waals surface area contributed by atoms with Crippen LogP contribution in [0.2, 0.25) is 0 Å². The molecule has 2 aromatic rings. The van der Waals surface area contributed by atoms with Crippen LogP contribution < -0.4 is 11.7 Å². The van der Waals surface area contributed by atoms with Gasteiger partial charge in [0.05, 0.1) is 0 Å². The van der Waals surface area contributed by atoms with E-state index in [-0.39, 0.29) is 0 Å². The van der Waals surface area contributed by atoms with Crippen LogP contribution in [0.4, 0.5) is 0 Å². The first-order chi connectivity index (χ1) is 7.75. The van der Waals surface area contributed by atoms with Gasteiger partial charge < -0.3 is 0 Å². The van der Waals surface area contributed by atoms with Crippen molar-refractivity contribution in [3.8, 4) is 11.1 Å². The van der Waals surface area contributed by atoms with Gasteiger partial charge in [0.25, 0.3) is 0 Å². The zero-order valence-corrected chi connectivity index (χ0v) is 9.77. The summed E-state index contributed by atoms with van der Waals surface area (Å²) in [7, 11) is 0. The van der Waals surface area contributed by atoms with Crippen molar-refractivity contribution in [2.24, 2.45) is 11.7 Å². The predicted molar refractivity (Wildman–Crippen MR) is 69.7 cm³/mol. The second kappa shape index (κ2) is 6.05. The van der Waals surface area contributed by atoms with Crippen LogP contribution >= 0.6 is 0 Å². The van der Waals surface area contributed by atoms with Gasteiger partial charge in [0.2, 0.25) is 0 Å². The fourth-order valence-corrected chi connectivity index (χ4v) is 1.65. The molecule has 4 N–H and O–H groups in total. The number of benzene rings is 2. The molecule has 0 saturated carbocycles. The van der Waals surface area contributed by atoms with Crippen molar-refractivity contribution in [3.05, 3.63) is 59.7 Å². The molecule has 0 heterocycles. The van der Waals surface area contributed by atoms with E-state index in [0.29, 0.717) is 0 Å². The van der Waals surface area contributed by atoms with Crippen LogP contribution in [0.1, 0.15) is 11.1 Å². The van der Waals surface area contributed by atoms with E-state index in [1.807, 2.05) is 0 Å². The molecule has 0 saturated heterocycles. The summed E-state index contributed by atoms with van der Waals surface area (Å²) in [4.78, 5) is 0. The third-order valence-corrected chi connectivity index (χ3v) is 2.37. The van der Waals surface area contributed by atoms with Crippen molar-refractivity contribution in [1.29, 1.82) is 0 Å². The monoisotopic (exact) mass is 214 g/mol. The van der Waals surface area contributed by atoms with E-state index >= 15 is 0 Å². The number of aryl methyl sites for hydroxylation is 2. The summed E-state index contributed by atoms with van der Waals surface area (Å²) >= 11 is 0. The van der Waals surface area contributed by atoms with Gasteiger partial charge in [-0.25, -0.2) is 0 Å². The standard InChI is InChI=1S/C14H14.H4N2/c1-11-5-3-7-13(9-11)14-8-4-6-12(2)10-14;1-2/h3-10H,1-2H3;1-2H2. The lowest BCUT2D eigenvalue weighted by Gasteiger charge is -2.03. The maximum Gasteiger partial charge on any atom is -0.0181 e. The van der Waals surface area contributed by atoms with Crippen molar-refractivity contribution in [3.63, 3.8) is 0 Å². The molecule has 2 rings (SSSR count). The van der Waals surface area contributed by atoms with Gasteiger partial charge in [-0.05, 0) is 25.0 Å². The molecular formula is C14H18N2. The van der Waals surface area contributed by atoms with Gasteiger partial charge >= 0.3 is 0 Å². The highest BCUT2D eigenvalue weighted by atomic mass is 15.0. The number of rotatable bonds is 1. The molecule has 0 aliphatic carbocycles. The smallest absolute Gasteiger partial charge is 0.0181 e. The molecule has 0 aromatic heterocycles. The molecular weight excluding hydrogens is 196 g/mol. The molecule has 0 unspecified atom stereocenters. The normalized spacial score (nSPS) is 9.25. The molecule has 0 aliphatic heterocycles. The zero-order chi connectivity index (χ0) is 12.0. The fraction of sp³-hybridized carbons (Fsp3) is 0.143. The summed E-state index contributed by atoms with van der Waals surface area (Å²) in [5.41, 5.74) is 5.22. The van der Waals surface area contributed by atoms with Gasteiger partial charge in [-0.15, -0.1) is 0 Å². The van der Waals surface area contributed by atoms with E-state index in [0.717, 1.165) is 0 Å². The highest BCUT2D eigenvalue weighted by Crippen LogP contribution is 2.20. The van der Waals surface area contributed by atoms with Crippen LogP contribution in [0, 0.1) is 13.8 Å². The van der Waals surface area contributed by atoms with Gasteiger partial charge in [-0.3, -0.25) is 11.7 Å². The van der Waals surface area contributed by atoms with Crippen molar-refractivity contribution < 1.29 is 0 Å². The molecule has 0 atom stereocenters. The summed E-state index contributed by atoms with van der Waals surface area (Å²) in [5, 5.41) is 0. The minimum Gasteiger partial charge on any atom is -0.274 e. The van der Waals surface area contributed by atoms with Gasteiger partial charge in [-0.2, -0.15) is 0 Å². The third-order valence-electron chi connectivity index (χ3n) is 2.37. The largest absolute Gasteiger partial charge is 0.274 e. The van der Waals surface area contributed by atoms with Crippen LogP contribution in [-0.2, 0) is 0 Å². The first-order valence-electron chi connectivity index (χ1n) is 5.23. The highest BCUT2D eigenvalue weighted by molar-refractivity contribution is 5.64. The average Bonchev–Trinajstić information content (AvgIpc) is 2.32. The quantitative estimate of drug-likeness (QED) is 0.566. The Morgan fingerprint density at radius 2 is 1.06 bits per heavy atom. The van der Waals surface area contributed by atoms with Crippen molar-refractivity contribution in [2.45, 2.75) is 13.8 Å². The maximum absolute atomic E-state index is 4.00.